The van der Waals surface area contributed by atoms with Crippen LogP contribution >= 0.6 is 0 Å². The summed E-state index contributed by atoms with van der Waals surface area (Å²) in [4.78, 5) is 35.5. The van der Waals surface area contributed by atoms with Crippen molar-refractivity contribution in [2.24, 2.45) is 11.8 Å². The lowest BCUT2D eigenvalue weighted by atomic mass is 10.1. The van der Waals surface area contributed by atoms with Gasteiger partial charge in [-0.25, -0.2) is 0 Å². The molecule has 3 atom stereocenters. The van der Waals surface area contributed by atoms with E-state index in [9.17, 15) is 14.4 Å². The third-order valence-corrected chi connectivity index (χ3v) is 4.55. The topological polar surface area (TPSA) is 84.5 Å². The quantitative estimate of drug-likeness (QED) is 0.779. The van der Waals surface area contributed by atoms with Crippen molar-refractivity contribution in [3.63, 3.8) is 0 Å². The van der Waals surface area contributed by atoms with E-state index in [0.717, 1.165) is 19.4 Å². The molecule has 3 rings (SSSR count). The van der Waals surface area contributed by atoms with Crippen LogP contribution in [0, 0.1) is 11.8 Å². The largest absolute Gasteiger partial charge is 0.376 e. The van der Waals surface area contributed by atoms with Crippen LogP contribution in [0.5, 0.6) is 0 Å². The molecular weight excluding hydrogens is 308 g/mol. The fourth-order valence-corrected chi connectivity index (χ4v) is 2.95. The van der Waals surface area contributed by atoms with Gasteiger partial charge in [-0.05, 0) is 50.5 Å². The molecule has 6 heteroatoms. The summed E-state index contributed by atoms with van der Waals surface area (Å²) in [5.41, 5.74) is 1.24. The Bertz CT molecular complexity index is 635. The fraction of sp³-hybridized carbons (Fsp3) is 0.500. The van der Waals surface area contributed by atoms with Crippen LogP contribution in [0.4, 0.5) is 5.69 Å². The van der Waals surface area contributed by atoms with Crippen LogP contribution in [-0.4, -0.2) is 36.9 Å². The predicted octanol–water partition coefficient (Wildman–Crippen LogP) is 1.76. The van der Waals surface area contributed by atoms with E-state index in [0.29, 0.717) is 24.2 Å². The summed E-state index contributed by atoms with van der Waals surface area (Å²) >= 11 is 0. The van der Waals surface area contributed by atoms with Crippen LogP contribution in [-0.2, 0) is 14.3 Å². The highest BCUT2D eigenvalue weighted by Crippen LogP contribution is 2.39. The lowest BCUT2D eigenvalue weighted by Crippen LogP contribution is -2.33. The number of carbonyl (C=O) groups is 3. The van der Waals surface area contributed by atoms with Crippen LogP contribution < -0.4 is 10.6 Å². The number of amides is 2. The van der Waals surface area contributed by atoms with Gasteiger partial charge in [0.05, 0.1) is 17.9 Å². The lowest BCUT2D eigenvalue weighted by molar-refractivity contribution is -0.125. The van der Waals surface area contributed by atoms with Gasteiger partial charge in [0.1, 0.15) is 0 Å². The number of Topliss-reactive ketones (excluding diaryl/α,β-unsaturated/α-hetero) is 1. The van der Waals surface area contributed by atoms with Crippen molar-refractivity contribution in [3.05, 3.63) is 29.8 Å². The van der Waals surface area contributed by atoms with E-state index >= 15 is 0 Å². The number of anilines is 1. The van der Waals surface area contributed by atoms with Crippen molar-refractivity contribution in [2.75, 3.05) is 18.5 Å². The number of benzene rings is 1. The van der Waals surface area contributed by atoms with E-state index in [1.165, 1.54) is 6.92 Å². The van der Waals surface area contributed by atoms with Gasteiger partial charge in [-0.15, -0.1) is 0 Å². The molecule has 1 aromatic rings. The first kappa shape index (κ1) is 16.6. The molecule has 2 N–H and O–H groups in total. The van der Waals surface area contributed by atoms with Crippen molar-refractivity contribution < 1.29 is 19.1 Å². The molecule has 0 aromatic heterocycles. The first-order valence-electron chi connectivity index (χ1n) is 8.36. The molecule has 3 unspecified atom stereocenters. The summed E-state index contributed by atoms with van der Waals surface area (Å²) < 4.78 is 5.47. The standard InChI is InChI=1S/C18H22N2O4/c1-11(21)12-4-6-13(7-5-12)20-18(23)16-9-15(16)17(22)19-10-14-3-2-8-24-14/h4-7,14-16H,2-3,8-10H2,1H3,(H,19,22)(H,20,23). The van der Waals surface area contributed by atoms with Gasteiger partial charge < -0.3 is 15.4 Å². The van der Waals surface area contributed by atoms with Crippen LogP contribution in [0.25, 0.3) is 0 Å². The van der Waals surface area contributed by atoms with E-state index in [1.54, 1.807) is 24.3 Å². The van der Waals surface area contributed by atoms with Crippen molar-refractivity contribution in [1.82, 2.24) is 5.32 Å². The van der Waals surface area contributed by atoms with E-state index in [4.69, 9.17) is 4.74 Å². The Balaban J connectivity index is 1.44. The first-order chi connectivity index (χ1) is 11.5. The molecule has 0 bridgehead atoms. The second-order valence-corrected chi connectivity index (χ2v) is 6.45. The zero-order chi connectivity index (χ0) is 17.1. The van der Waals surface area contributed by atoms with E-state index in [2.05, 4.69) is 10.6 Å². The number of carbonyl (C=O) groups excluding carboxylic acids is 3. The maximum Gasteiger partial charge on any atom is 0.228 e. The average Bonchev–Trinajstić information content (AvgIpc) is 3.21. The third kappa shape index (κ3) is 4.00. The van der Waals surface area contributed by atoms with Crippen LogP contribution in [0.3, 0.4) is 0 Å². The first-order valence-corrected chi connectivity index (χ1v) is 8.36. The number of hydrogen-bond acceptors (Lipinski definition) is 4. The van der Waals surface area contributed by atoms with Crippen LogP contribution in [0.15, 0.2) is 24.3 Å². The van der Waals surface area contributed by atoms with Crippen LogP contribution in [0.2, 0.25) is 0 Å². The van der Waals surface area contributed by atoms with Gasteiger partial charge in [0.25, 0.3) is 0 Å². The maximum absolute atomic E-state index is 12.2. The molecule has 1 aliphatic heterocycles. The zero-order valence-electron chi connectivity index (χ0n) is 13.7. The molecule has 1 aromatic carbocycles. The number of rotatable bonds is 6. The molecule has 0 spiro atoms. The number of nitrogens with one attached hydrogen (secondary N) is 2. The van der Waals surface area contributed by atoms with E-state index in [1.807, 2.05) is 0 Å². The number of ether oxygens (including phenoxy) is 1. The minimum Gasteiger partial charge on any atom is -0.376 e. The molecule has 6 nitrogen and oxygen atoms in total. The SMILES string of the molecule is CC(=O)c1ccc(NC(=O)C2CC2C(=O)NCC2CCCO2)cc1. The molecule has 0 radical (unpaired) electrons. The highest BCUT2D eigenvalue weighted by atomic mass is 16.5. The molecule has 1 aliphatic carbocycles. The minimum absolute atomic E-state index is 0.0157. The summed E-state index contributed by atoms with van der Waals surface area (Å²) in [5, 5.41) is 5.67. The molecule has 128 valence electrons. The Morgan fingerprint density at radius 1 is 1.12 bits per heavy atom. The van der Waals surface area contributed by atoms with Crippen molar-refractivity contribution >= 4 is 23.3 Å². The second kappa shape index (κ2) is 7.13. The minimum atomic E-state index is -0.276. The molecule has 1 saturated carbocycles. The second-order valence-electron chi connectivity index (χ2n) is 6.45. The normalized spacial score (nSPS) is 25.1. The molecule has 2 aliphatic rings. The summed E-state index contributed by atoms with van der Waals surface area (Å²) in [6, 6.07) is 6.75. The average molecular weight is 330 g/mol. The summed E-state index contributed by atoms with van der Waals surface area (Å²) in [5.74, 6) is -0.761. The van der Waals surface area contributed by atoms with Gasteiger partial charge in [0, 0.05) is 24.4 Å². The van der Waals surface area contributed by atoms with Gasteiger partial charge in [-0.1, -0.05) is 0 Å². The molecular formula is C18H22N2O4. The summed E-state index contributed by atoms with van der Waals surface area (Å²) in [6.45, 7) is 2.78. The van der Waals surface area contributed by atoms with Crippen molar-refractivity contribution in [1.29, 1.82) is 0 Å². The summed E-state index contributed by atoms with van der Waals surface area (Å²) in [7, 11) is 0. The Morgan fingerprint density at radius 3 is 2.46 bits per heavy atom. The van der Waals surface area contributed by atoms with Gasteiger partial charge in [0.2, 0.25) is 11.8 Å². The molecule has 24 heavy (non-hydrogen) atoms. The molecule has 2 fully saturated rings. The number of hydrogen-bond donors (Lipinski definition) is 2. The fourth-order valence-electron chi connectivity index (χ4n) is 2.95. The highest BCUT2D eigenvalue weighted by molar-refractivity contribution is 6.00. The Hall–Kier alpha value is -2.21. The van der Waals surface area contributed by atoms with Crippen LogP contribution in [0.1, 0.15) is 36.5 Å². The monoisotopic (exact) mass is 330 g/mol. The molecule has 1 saturated heterocycles. The van der Waals surface area contributed by atoms with Gasteiger partial charge in [0.15, 0.2) is 5.78 Å². The van der Waals surface area contributed by atoms with Crippen molar-refractivity contribution in [3.8, 4) is 0 Å². The van der Waals surface area contributed by atoms with Gasteiger partial charge >= 0.3 is 0 Å². The van der Waals surface area contributed by atoms with Gasteiger partial charge in [-0.2, -0.15) is 0 Å². The Labute approximate surface area is 140 Å². The maximum atomic E-state index is 12.2. The Morgan fingerprint density at radius 2 is 1.83 bits per heavy atom. The predicted molar refractivity (Wildman–Crippen MR) is 88.7 cm³/mol. The molecule has 1 heterocycles. The Kier molecular flexibility index (Phi) is 4.94. The third-order valence-electron chi connectivity index (χ3n) is 4.55. The molecule has 2 amide bonds. The number of ketones is 1. The van der Waals surface area contributed by atoms with Crippen molar-refractivity contribution in [2.45, 2.75) is 32.3 Å². The van der Waals surface area contributed by atoms with Gasteiger partial charge in [-0.3, -0.25) is 14.4 Å². The zero-order valence-corrected chi connectivity index (χ0v) is 13.7. The van der Waals surface area contributed by atoms with E-state index in [-0.39, 0.29) is 35.5 Å². The highest BCUT2D eigenvalue weighted by Gasteiger charge is 2.48. The lowest BCUT2D eigenvalue weighted by Gasteiger charge is -2.10. The van der Waals surface area contributed by atoms with E-state index < -0.39 is 0 Å². The summed E-state index contributed by atoms with van der Waals surface area (Å²) in [6.07, 6.45) is 2.71. The smallest absolute Gasteiger partial charge is 0.228 e.